The van der Waals surface area contributed by atoms with Crippen LogP contribution in [0.2, 0.25) is 0 Å². The van der Waals surface area contributed by atoms with Crippen molar-refractivity contribution in [2.45, 2.75) is 38.8 Å². The summed E-state index contributed by atoms with van der Waals surface area (Å²) in [6.45, 7) is 3.89. The van der Waals surface area contributed by atoms with E-state index in [0.717, 1.165) is 6.42 Å². The van der Waals surface area contributed by atoms with Crippen LogP contribution in [0.15, 0.2) is 0 Å². The molecule has 0 aromatic carbocycles. The van der Waals surface area contributed by atoms with Gasteiger partial charge in [0.15, 0.2) is 0 Å². The number of hydrogen-bond donors (Lipinski definition) is 3. The molecule has 0 saturated heterocycles. The first-order chi connectivity index (χ1) is 5.57. The second-order valence-electron chi connectivity index (χ2n) is 2.96. The second-order valence-corrected chi connectivity index (χ2v) is 2.96. The number of hydrogen-bond acceptors (Lipinski definition) is 3. The summed E-state index contributed by atoms with van der Waals surface area (Å²) in [6, 6.07) is -0.370. The molecule has 0 aliphatic rings. The van der Waals surface area contributed by atoms with Crippen LogP contribution < -0.4 is 11.1 Å². The maximum atomic E-state index is 10.9. The summed E-state index contributed by atoms with van der Waals surface area (Å²) in [4.78, 5) is 10.9. The van der Waals surface area contributed by atoms with Crippen molar-refractivity contribution in [2.24, 2.45) is 5.73 Å². The van der Waals surface area contributed by atoms with Crippen LogP contribution in [-0.2, 0) is 4.79 Å². The van der Waals surface area contributed by atoms with Crippen LogP contribution in [0.5, 0.6) is 0 Å². The molecule has 0 spiro atoms. The lowest BCUT2D eigenvalue weighted by Crippen LogP contribution is -2.43. The quantitative estimate of drug-likeness (QED) is 0.531. The van der Waals surface area contributed by atoms with E-state index < -0.39 is 6.10 Å². The number of rotatable bonds is 5. The van der Waals surface area contributed by atoms with Crippen molar-refractivity contribution in [2.75, 3.05) is 6.54 Å². The van der Waals surface area contributed by atoms with Crippen molar-refractivity contribution in [1.82, 2.24) is 5.32 Å². The van der Waals surface area contributed by atoms with Crippen LogP contribution in [0, 0.1) is 0 Å². The Hall–Kier alpha value is -0.610. The Morgan fingerprint density at radius 3 is 2.67 bits per heavy atom. The molecular formula is C8H18N2O2. The molecule has 1 amide bonds. The number of carbonyl (C=O) groups is 1. The zero-order chi connectivity index (χ0) is 9.56. The van der Waals surface area contributed by atoms with Gasteiger partial charge in [-0.2, -0.15) is 0 Å². The molecule has 0 aromatic heterocycles. The molecule has 0 aliphatic carbocycles. The summed E-state index contributed by atoms with van der Waals surface area (Å²) < 4.78 is 0. The molecule has 2 unspecified atom stereocenters. The molecule has 0 aromatic rings. The van der Waals surface area contributed by atoms with Gasteiger partial charge in [-0.25, -0.2) is 0 Å². The molecule has 0 fully saturated rings. The number of carbonyl (C=O) groups excluding carboxylic acids is 1. The molecule has 2 atom stereocenters. The van der Waals surface area contributed by atoms with E-state index in [2.05, 4.69) is 5.32 Å². The summed E-state index contributed by atoms with van der Waals surface area (Å²) in [5.74, 6) is -0.00593. The van der Waals surface area contributed by atoms with Gasteiger partial charge in [0.2, 0.25) is 5.91 Å². The molecule has 4 nitrogen and oxygen atoms in total. The van der Waals surface area contributed by atoms with Crippen LogP contribution in [0.25, 0.3) is 0 Å². The zero-order valence-electron chi connectivity index (χ0n) is 7.71. The number of amides is 1. The van der Waals surface area contributed by atoms with Gasteiger partial charge in [0, 0.05) is 19.0 Å². The molecule has 4 heteroatoms. The normalized spacial score (nSPS) is 15.3. The van der Waals surface area contributed by atoms with E-state index in [0.29, 0.717) is 13.0 Å². The van der Waals surface area contributed by atoms with Crippen molar-refractivity contribution in [1.29, 1.82) is 0 Å². The summed E-state index contributed by atoms with van der Waals surface area (Å²) in [5.41, 5.74) is 5.50. The van der Waals surface area contributed by atoms with Gasteiger partial charge in [-0.05, 0) is 13.3 Å². The van der Waals surface area contributed by atoms with Crippen molar-refractivity contribution >= 4 is 5.91 Å². The predicted molar refractivity (Wildman–Crippen MR) is 47.6 cm³/mol. The van der Waals surface area contributed by atoms with E-state index in [4.69, 9.17) is 10.8 Å². The molecule has 4 N–H and O–H groups in total. The Labute approximate surface area is 73.1 Å². The van der Waals surface area contributed by atoms with Crippen LogP contribution in [0.3, 0.4) is 0 Å². The average Bonchev–Trinajstić information content (AvgIpc) is 2.00. The Bertz CT molecular complexity index is 137. The largest absolute Gasteiger partial charge is 0.392 e. The molecule has 0 saturated carbocycles. The van der Waals surface area contributed by atoms with Crippen LogP contribution in [0.4, 0.5) is 0 Å². The summed E-state index contributed by atoms with van der Waals surface area (Å²) in [7, 11) is 0. The highest BCUT2D eigenvalue weighted by Crippen LogP contribution is 1.88. The third-order valence-electron chi connectivity index (χ3n) is 1.63. The van der Waals surface area contributed by atoms with Gasteiger partial charge in [0.05, 0.1) is 6.10 Å². The monoisotopic (exact) mass is 174 g/mol. The van der Waals surface area contributed by atoms with E-state index in [1.54, 1.807) is 6.92 Å². The Kier molecular flexibility index (Phi) is 5.66. The highest BCUT2D eigenvalue weighted by Gasteiger charge is 2.09. The summed E-state index contributed by atoms with van der Waals surface area (Å²) >= 11 is 0. The minimum absolute atomic E-state index is 0.00593. The lowest BCUT2D eigenvalue weighted by Gasteiger charge is -2.14. The summed E-state index contributed by atoms with van der Waals surface area (Å²) in [5, 5.41) is 11.6. The van der Waals surface area contributed by atoms with Crippen molar-refractivity contribution < 1.29 is 9.90 Å². The van der Waals surface area contributed by atoms with Gasteiger partial charge in [-0.15, -0.1) is 0 Å². The Morgan fingerprint density at radius 2 is 2.25 bits per heavy atom. The molecule has 0 rings (SSSR count). The fraction of sp³-hybridized carbons (Fsp3) is 0.875. The number of aliphatic hydroxyl groups excluding tert-OH is 1. The van der Waals surface area contributed by atoms with Crippen molar-refractivity contribution in [3.8, 4) is 0 Å². The van der Waals surface area contributed by atoms with Gasteiger partial charge in [-0.1, -0.05) is 6.92 Å². The van der Waals surface area contributed by atoms with Crippen molar-refractivity contribution in [3.05, 3.63) is 0 Å². The van der Waals surface area contributed by atoms with Gasteiger partial charge < -0.3 is 16.2 Å². The first-order valence-electron chi connectivity index (χ1n) is 4.28. The van der Waals surface area contributed by atoms with E-state index in [-0.39, 0.29) is 11.9 Å². The molecule has 0 aliphatic heterocycles. The molecular weight excluding hydrogens is 156 g/mol. The smallest absolute Gasteiger partial charge is 0.220 e. The highest BCUT2D eigenvalue weighted by atomic mass is 16.3. The van der Waals surface area contributed by atoms with Crippen molar-refractivity contribution in [3.63, 3.8) is 0 Å². The van der Waals surface area contributed by atoms with E-state index in [1.165, 1.54) is 0 Å². The standard InChI is InChI=1S/C8H18N2O2/c1-3-4-8(12)10-5-7(9)6(2)11/h6-7,11H,3-5,9H2,1-2H3,(H,10,12). The second kappa shape index (κ2) is 5.97. The first-order valence-corrected chi connectivity index (χ1v) is 4.28. The van der Waals surface area contributed by atoms with Crippen LogP contribution in [-0.4, -0.2) is 29.7 Å². The molecule has 0 heterocycles. The lowest BCUT2D eigenvalue weighted by molar-refractivity contribution is -0.121. The minimum atomic E-state index is -0.577. The minimum Gasteiger partial charge on any atom is -0.392 e. The zero-order valence-corrected chi connectivity index (χ0v) is 7.71. The van der Waals surface area contributed by atoms with Crippen LogP contribution >= 0.6 is 0 Å². The molecule has 0 bridgehead atoms. The first kappa shape index (κ1) is 11.4. The molecule has 72 valence electrons. The maximum absolute atomic E-state index is 10.9. The fourth-order valence-corrected chi connectivity index (χ4v) is 0.718. The Balaban J connectivity index is 3.47. The number of nitrogens with one attached hydrogen (secondary N) is 1. The van der Waals surface area contributed by atoms with Gasteiger partial charge in [-0.3, -0.25) is 4.79 Å². The highest BCUT2D eigenvalue weighted by molar-refractivity contribution is 5.75. The molecule has 0 radical (unpaired) electrons. The predicted octanol–water partition coefficient (Wildman–Crippen LogP) is -0.389. The van der Waals surface area contributed by atoms with E-state index in [9.17, 15) is 4.79 Å². The number of nitrogens with two attached hydrogens (primary N) is 1. The topological polar surface area (TPSA) is 75.4 Å². The SMILES string of the molecule is CCCC(=O)NCC(N)C(C)O. The van der Waals surface area contributed by atoms with Gasteiger partial charge >= 0.3 is 0 Å². The van der Waals surface area contributed by atoms with Crippen LogP contribution in [0.1, 0.15) is 26.7 Å². The summed E-state index contributed by atoms with van der Waals surface area (Å²) in [6.07, 6.45) is 0.773. The molecule has 12 heavy (non-hydrogen) atoms. The fourth-order valence-electron chi connectivity index (χ4n) is 0.718. The maximum Gasteiger partial charge on any atom is 0.220 e. The van der Waals surface area contributed by atoms with E-state index >= 15 is 0 Å². The van der Waals surface area contributed by atoms with Gasteiger partial charge in [0.1, 0.15) is 0 Å². The Morgan fingerprint density at radius 1 is 1.67 bits per heavy atom. The number of aliphatic hydroxyl groups is 1. The van der Waals surface area contributed by atoms with Gasteiger partial charge in [0.25, 0.3) is 0 Å². The third kappa shape index (κ3) is 5.09. The van der Waals surface area contributed by atoms with E-state index in [1.807, 2.05) is 6.92 Å². The third-order valence-corrected chi connectivity index (χ3v) is 1.63. The average molecular weight is 174 g/mol. The lowest BCUT2D eigenvalue weighted by atomic mass is 10.2.